The molecule has 0 amide bonds. The Morgan fingerprint density at radius 2 is 1.92 bits per heavy atom. The molecule has 0 spiro atoms. The van der Waals surface area contributed by atoms with Gasteiger partial charge < -0.3 is 25.4 Å². The summed E-state index contributed by atoms with van der Waals surface area (Å²) in [5, 5.41) is 20.7. The van der Waals surface area contributed by atoms with Gasteiger partial charge in [0.1, 0.15) is 42.5 Å². The molecule has 3 aromatic rings. The van der Waals surface area contributed by atoms with Crippen LogP contribution >= 0.6 is 0 Å². The largest absolute Gasteiger partial charge is 0.491 e. The number of nitrogens with zero attached hydrogens (tertiary/aromatic N) is 4. The number of anilines is 1. The second kappa shape index (κ2) is 6.28. The zero-order valence-electron chi connectivity index (χ0n) is 13.1. The molecule has 9 nitrogen and oxygen atoms in total. The Morgan fingerprint density at radius 3 is 2.72 bits per heavy atom. The molecule has 0 saturated carbocycles. The predicted octanol–water partition coefficient (Wildman–Crippen LogP) is 0.107. The molecule has 25 heavy (non-hydrogen) atoms. The van der Waals surface area contributed by atoms with E-state index in [0.29, 0.717) is 16.9 Å². The van der Waals surface area contributed by atoms with Crippen molar-refractivity contribution in [2.24, 2.45) is 0 Å². The Hall–Kier alpha value is -2.75. The van der Waals surface area contributed by atoms with Crippen molar-refractivity contribution in [1.29, 1.82) is 0 Å². The van der Waals surface area contributed by atoms with E-state index in [9.17, 15) is 10.2 Å². The fourth-order valence-corrected chi connectivity index (χ4v) is 2.85. The van der Waals surface area contributed by atoms with Gasteiger partial charge in [-0.15, -0.1) is 0 Å². The minimum Gasteiger partial charge on any atom is -0.491 e. The lowest BCUT2D eigenvalue weighted by Crippen LogP contribution is -2.34. The minimum absolute atomic E-state index is 0.0997. The third-order valence-electron chi connectivity index (χ3n) is 4.16. The first kappa shape index (κ1) is 15.8. The van der Waals surface area contributed by atoms with E-state index in [1.165, 1.54) is 17.2 Å². The highest BCUT2D eigenvalue weighted by Crippen LogP contribution is 2.32. The summed E-state index contributed by atoms with van der Waals surface area (Å²) in [4.78, 5) is 12.2. The number of aliphatic hydroxyl groups is 2. The topological polar surface area (TPSA) is 129 Å². The number of fused-ring (bicyclic) bond motifs is 1. The standard InChI is InChI=1S/C16H17N5O4/c17-14-11-15(19-7-18-14)21(8-20-11)16-13(23)12(22)10(25-16)6-24-9-4-2-1-3-5-9/h1-5,7-8,10,12-13,16,22-23H,6H2,(H2,17,18,19)/t10-,12+,13-,16?/m1/s1. The quantitative estimate of drug-likeness (QED) is 0.609. The molecule has 0 aliphatic carbocycles. The number of rotatable bonds is 4. The Balaban J connectivity index is 1.54. The zero-order chi connectivity index (χ0) is 17.4. The number of hydrogen-bond acceptors (Lipinski definition) is 8. The second-order valence-electron chi connectivity index (χ2n) is 5.75. The normalized spacial score (nSPS) is 26.2. The lowest BCUT2D eigenvalue weighted by molar-refractivity contribution is -0.0474. The van der Waals surface area contributed by atoms with Crippen LogP contribution in [0.2, 0.25) is 0 Å². The smallest absolute Gasteiger partial charge is 0.167 e. The zero-order valence-corrected chi connectivity index (χ0v) is 13.1. The van der Waals surface area contributed by atoms with Crippen LogP contribution in [-0.4, -0.2) is 54.7 Å². The van der Waals surface area contributed by atoms with Crippen molar-refractivity contribution in [3.63, 3.8) is 0 Å². The summed E-state index contributed by atoms with van der Waals surface area (Å²) in [6, 6.07) is 9.18. The van der Waals surface area contributed by atoms with Gasteiger partial charge in [0.25, 0.3) is 0 Å². The summed E-state index contributed by atoms with van der Waals surface area (Å²) in [7, 11) is 0. The highest BCUT2D eigenvalue weighted by atomic mass is 16.6. The van der Waals surface area contributed by atoms with Crippen molar-refractivity contribution >= 4 is 17.0 Å². The second-order valence-corrected chi connectivity index (χ2v) is 5.75. The highest BCUT2D eigenvalue weighted by Gasteiger charge is 2.44. The first-order valence-corrected chi connectivity index (χ1v) is 7.77. The van der Waals surface area contributed by atoms with Gasteiger partial charge >= 0.3 is 0 Å². The van der Waals surface area contributed by atoms with Crippen molar-refractivity contribution in [2.45, 2.75) is 24.5 Å². The first-order chi connectivity index (χ1) is 12.1. The average Bonchev–Trinajstić information content (AvgIpc) is 3.18. The summed E-state index contributed by atoms with van der Waals surface area (Å²) in [6.45, 7) is 0.0997. The van der Waals surface area contributed by atoms with Crippen LogP contribution in [0.25, 0.3) is 11.2 Å². The molecule has 1 aromatic carbocycles. The van der Waals surface area contributed by atoms with E-state index in [0.717, 1.165) is 0 Å². The SMILES string of the molecule is Nc1ncnc2c1ncn2C1O[C@H](COc2ccccc2)[C@H](O)[C@H]1O. The Bertz CT molecular complexity index is 871. The van der Waals surface area contributed by atoms with Gasteiger partial charge in [-0.1, -0.05) is 18.2 Å². The molecule has 4 rings (SSSR count). The lowest BCUT2D eigenvalue weighted by atomic mass is 10.1. The fraction of sp³-hybridized carbons (Fsp3) is 0.312. The number of nitrogen functional groups attached to an aromatic ring is 1. The molecule has 4 atom stereocenters. The van der Waals surface area contributed by atoms with Crippen LogP contribution in [0.15, 0.2) is 43.0 Å². The van der Waals surface area contributed by atoms with Crippen molar-refractivity contribution < 1.29 is 19.7 Å². The summed E-state index contributed by atoms with van der Waals surface area (Å²) < 4.78 is 12.9. The van der Waals surface area contributed by atoms with E-state index < -0.39 is 24.5 Å². The highest BCUT2D eigenvalue weighted by molar-refractivity contribution is 5.81. The molecule has 1 aliphatic rings. The molecule has 0 radical (unpaired) electrons. The van der Waals surface area contributed by atoms with E-state index in [1.54, 1.807) is 12.1 Å². The summed E-state index contributed by atoms with van der Waals surface area (Å²) in [6.07, 6.45) is -1.04. The van der Waals surface area contributed by atoms with Crippen molar-refractivity contribution in [1.82, 2.24) is 19.5 Å². The van der Waals surface area contributed by atoms with Crippen LogP contribution in [0, 0.1) is 0 Å². The molecule has 2 aromatic heterocycles. The molecular weight excluding hydrogens is 326 g/mol. The van der Waals surface area contributed by atoms with Crippen LogP contribution < -0.4 is 10.5 Å². The third-order valence-corrected chi connectivity index (χ3v) is 4.16. The van der Waals surface area contributed by atoms with Crippen LogP contribution in [0.5, 0.6) is 5.75 Å². The maximum absolute atomic E-state index is 10.4. The van der Waals surface area contributed by atoms with Gasteiger partial charge in [-0.05, 0) is 12.1 Å². The maximum Gasteiger partial charge on any atom is 0.167 e. The van der Waals surface area contributed by atoms with Crippen molar-refractivity contribution in [3.8, 4) is 5.75 Å². The van der Waals surface area contributed by atoms with E-state index in [4.69, 9.17) is 15.2 Å². The number of para-hydroxylation sites is 1. The number of hydrogen-bond donors (Lipinski definition) is 3. The van der Waals surface area contributed by atoms with Gasteiger partial charge in [-0.3, -0.25) is 4.57 Å². The van der Waals surface area contributed by atoms with Crippen LogP contribution in [0.3, 0.4) is 0 Å². The van der Waals surface area contributed by atoms with E-state index >= 15 is 0 Å². The Kier molecular flexibility index (Phi) is 3.96. The molecule has 130 valence electrons. The number of aromatic nitrogens is 4. The summed E-state index contributed by atoms with van der Waals surface area (Å²) in [5.74, 6) is 0.894. The molecule has 4 N–H and O–H groups in total. The van der Waals surface area contributed by atoms with Gasteiger partial charge in [-0.25, -0.2) is 15.0 Å². The number of aliphatic hydroxyl groups excluding tert-OH is 2. The summed E-state index contributed by atoms with van der Waals surface area (Å²) in [5.41, 5.74) is 6.61. The number of ether oxygens (including phenoxy) is 2. The molecule has 1 fully saturated rings. The van der Waals surface area contributed by atoms with E-state index in [1.807, 2.05) is 18.2 Å². The number of imidazole rings is 1. The molecule has 3 heterocycles. The molecule has 1 aliphatic heterocycles. The van der Waals surface area contributed by atoms with Crippen molar-refractivity contribution in [3.05, 3.63) is 43.0 Å². The Labute approximate surface area is 142 Å². The maximum atomic E-state index is 10.4. The molecular formula is C16H17N5O4. The molecule has 9 heteroatoms. The van der Waals surface area contributed by atoms with Crippen LogP contribution in [0.1, 0.15) is 6.23 Å². The lowest BCUT2D eigenvalue weighted by Gasteiger charge is -2.16. The van der Waals surface area contributed by atoms with Crippen LogP contribution in [0.4, 0.5) is 5.82 Å². The molecule has 0 bridgehead atoms. The van der Waals surface area contributed by atoms with Gasteiger partial charge in [-0.2, -0.15) is 0 Å². The summed E-state index contributed by atoms with van der Waals surface area (Å²) >= 11 is 0. The van der Waals surface area contributed by atoms with Crippen LogP contribution in [-0.2, 0) is 4.74 Å². The minimum atomic E-state index is -1.15. The number of nitrogens with two attached hydrogens (primary N) is 1. The monoisotopic (exact) mass is 343 g/mol. The van der Waals surface area contributed by atoms with Gasteiger partial charge in [0.2, 0.25) is 0 Å². The fourth-order valence-electron chi connectivity index (χ4n) is 2.85. The Morgan fingerprint density at radius 1 is 1.12 bits per heavy atom. The third kappa shape index (κ3) is 2.78. The van der Waals surface area contributed by atoms with Crippen molar-refractivity contribution in [2.75, 3.05) is 12.3 Å². The number of benzene rings is 1. The van der Waals surface area contributed by atoms with Gasteiger partial charge in [0.05, 0.1) is 6.33 Å². The van der Waals surface area contributed by atoms with Gasteiger partial charge in [0.15, 0.2) is 17.7 Å². The van der Waals surface area contributed by atoms with E-state index in [-0.39, 0.29) is 12.4 Å². The molecule has 1 unspecified atom stereocenters. The first-order valence-electron chi connectivity index (χ1n) is 7.77. The average molecular weight is 343 g/mol. The molecule has 1 saturated heterocycles. The van der Waals surface area contributed by atoms with Gasteiger partial charge in [0, 0.05) is 0 Å². The predicted molar refractivity (Wildman–Crippen MR) is 87.6 cm³/mol. The van der Waals surface area contributed by atoms with E-state index in [2.05, 4.69) is 15.0 Å².